The van der Waals surface area contributed by atoms with E-state index in [1.165, 1.54) is 29.7 Å². The zero-order valence-electron chi connectivity index (χ0n) is 15.8. The zero-order valence-corrected chi connectivity index (χ0v) is 16.6. The molecule has 140 valence electrons. The maximum Gasteiger partial charge on any atom is 0.229 e. The van der Waals surface area contributed by atoms with Crippen LogP contribution in [0.25, 0.3) is 0 Å². The Morgan fingerprint density at radius 2 is 1.59 bits per heavy atom. The Bertz CT molecular complexity index is 911. The lowest BCUT2D eigenvalue weighted by atomic mass is 9.96. The molecule has 1 heterocycles. The van der Waals surface area contributed by atoms with Gasteiger partial charge < -0.3 is 10.2 Å². The molecule has 1 aliphatic carbocycles. The van der Waals surface area contributed by atoms with Crippen LogP contribution < -0.4 is 10.2 Å². The Balaban J connectivity index is 0.00000210. The van der Waals surface area contributed by atoms with E-state index in [1.54, 1.807) is 0 Å². The van der Waals surface area contributed by atoms with Crippen molar-refractivity contribution in [2.75, 3.05) is 17.3 Å². The van der Waals surface area contributed by atoms with E-state index in [0.29, 0.717) is 5.95 Å². The van der Waals surface area contributed by atoms with Gasteiger partial charge in [-0.25, -0.2) is 4.98 Å². The second-order valence-corrected chi connectivity index (χ2v) is 6.84. The number of hydrogen-bond acceptors (Lipinski definition) is 4. The van der Waals surface area contributed by atoms with Crippen LogP contribution >= 0.6 is 12.4 Å². The van der Waals surface area contributed by atoms with Crippen molar-refractivity contribution in [1.82, 2.24) is 9.97 Å². The molecule has 1 aliphatic rings. The smallest absolute Gasteiger partial charge is 0.229 e. The van der Waals surface area contributed by atoms with E-state index < -0.39 is 0 Å². The third kappa shape index (κ3) is 4.06. The molecule has 0 atom stereocenters. The van der Waals surface area contributed by atoms with Gasteiger partial charge >= 0.3 is 0 Å². The normalized spacial score (nSPS) is 12.7. The van der Waals surface area contributed by atoms with Gasteiger partial charge in [-0.05, 0) is 56.4 Å². The summed E-state index contributed by atoms with van der Waals surface area (Å²) in [6, 6.07) is 18.6. The summed E-state index contributed by atoms with van der Waals surface area (Å²) in [5.74, 6) is 1.69. The first kappa shape index (κ1) is 19.2. The van der Waals surface area contributed by atoms with E-state index in [0.717, 1.165) is 30.0 Å². The molecule has 3 aromatic rings. The second-order valence-electron chi connectivity index (χ2n) is 6.84. The minimum absolute atomic E-state index is 0. The largest absolute Gasteiger partial charge is 0.329 e. The molecule has 0 saturated heterocycles. The number of para-hydroxylation sites is 2. The van der Waals surface area contributed by atoms with Crippen molar-refractivity contribution in [2.45, 2.75) is 32.6 Å². The zero-order chi connectivity index (χ0) is 17.9. The molecular weight excluding hydrogens is 356 g/mol. The van der Waals surface area contributed by atoms with Gasteiger partial charge in [0.15, 0.2) is 0 Å². The molecule has 4 nitrogen and oxygen atoms in total. The highest BCUT2D eigenvalue weighted by atomic mass is 35.5. The number of anilines is 4. The number of nitrogens with zero attached hydrogens (tertiary/aromatic N) is 3. The molecule has 0 radical (unpaired) electrons. The van der Waals surface area contributed by atoms with Crippen LogP contribution in [-0.2, 0) is 12.8 Å². The Hall–Kier alpha value is -2.59. The van der Waals surface area contributed by atoms with Gasteiger partial charge in [-0.2, -0.15) is 4.98 Å². The lowest BCUT2D eigenvalue weighted by Gasteiger charge is -2.26. The number of halogens is 1. The summed E-state index contributed by atoms with van der Waals surface area (Å²) in [5, 5.41) is 3.42. The van der Waals surface area contributed by atoms with Crippen molar-refractivity contribution in [1.29, 1.82) is 0 Å². The van der Waals surface area contributed by atoms with E-state index in [-0.39, 0.29) is 12.4 Å². The van der Waals surface area contributed by atoms with E-state index in [4.69, 9.17) is 9.97 Å². The summed E-state index contributed by atoms with van der Waals surface area (Å²) >= 11 is 0. The molecule has 1 N–H and O–H groups in total. The quantitative estimate of drug-likeness (QED) is 0.639. The van der Waals surface area contributed by atoms with Crippen molar-refractivity contribution in [2.24, 2.45) is 0 Å². The van der Waals surface area contributed by atoms with Crippen LogP contribution in [0.15, 0.2) is 54.6 Å². The fourth-order valence-electron chi connectivity index (χ4n) is 3.52. The van der Waals surface area contributed by atoms with Crippen molar-refractivity contribution >= 4 is 35.5 Å². The maximum absolute atomic E-state index is 4.90. The van der Waals surface area contributed by atoms with E-state index in [2.05, 4.69) is 60.6 Å². The number of aryl methyl sites for hydroxylation is 2. The van der Waals surface area contributed by atoms with Crippen molar-refractivity contribution in [3.05, 3.63) is 71.4 Å². The lowest BCUT2D eigenvalue weighted by Crippen LogP contribution is -2.19. The van der Waals surface area contributed by atoms with Crippen molar-refractivity contribution in [3.8, 4) is 0 Å². The number of rotatable bonds is 4. The predicted octanol–water partition coefficient (Wildman–Crippen LogP) is 5.60. The first-order chi connectivity index (χ1) is 12.7. The van der Waals surface area contributed by atoms with Gasteiger partial charge in [0.25, 0.3) is 0 Å². The summed E-state index contributed by atoms with van der Waals surface area (Å²) in [5.41, 5.74) is 5.85. The molecule has 0 spiro atoms. The molecule has 0 aliphatic heterocycles. The van der Waals surface area contributed by atoms with Crippen LogP contribution in [0, 0.1) is 6.92 Å². The minimum atomic E-state index is 0. The molecule has 1 aromatic heterocycles. The highest BCUT2D eigenvalue weighted by Gasteiger charge is 2.21. The number of hydrogen-bond donors (Lipinski definition) is 1. The number of aromatic nitrogens is 2. The predicted molar refractivity (Wildman–Crippen MR) is 115 cm³/mol. The molecule has 0 bridgehead atoms. The summed E-state index contributed by atoms with van der Waals surface area (Å²) < 4.78 is 0. The van der Waals surface area contributed by atoms with Crippen LogP contribution in [0.5, 0.6) is 0 Å². The topological polar surface area (TPSA) is 41.1 Å². The van der Waals surface area contributed by atoms with Crippen LogP contribution in [-0.4, -0.2) is 17.0 Å². The van der Waals surface area contributed by atoms with Gasteiger partial charge in [-0.15, -0.1) is 12.4 Å². The Labute approximate surface area is 167 Å². The molecule has 0 saturated carbocycles. The Kier molecular flexibility index (Phi) is 5.97. The first-order valence-electron chi connectivity index (χ1n) is 9.23. The van der Waals surface area contributed by atoms with Gasteiger partial charge in [0.1, 0.15) is 5.82 Å². The average molecular weight is 381 g/mol. The molecule has 4 rings (SSSR count). The van der Waals surface area contributed by atoms with Gasteiger partial charge in [0.2, 0.25) is 5.95 Å². The number of fused-ring (bicyclic) bond motifs is 1. The Morgan fingerprint density at radius 3 is 2.37 bits per heavy atom. The van der Waals surface area contributed by atoms with Gasteiger partial charge in [-0.1, -0.05) is 36.4 Å². The van der Waals surface area contributed by atoms with Gasteiger partial charge in [0, 0.05) is 24.0 Å². The molecule has 0 fully saturated rings. The van der Waals surface area contributed by atoms with E-state index in [1.807, 2.05) is 18.2 Å². The summed E-state index contributed by atoms with van der Waals surface area (Å²) in [7, 11) is 2.09. The maximum atomic E-state index is 4.90. The summed E-state index contributed by atoms with van der Waals surface area (Å²) in [6.07, 6.45) is 4.47. The first-order valence-corrected chi connectivity index (χ1v) is 9.23. The standard InChI is InChI=1S/C22H24N4.ClH/c1-16-10-6-8-14-19(16)23-22-24-20-15-9-7-13-18(20)21(25-22)26(2)17-11-4-3-5-12-17;/h3-6,8,10-12,14H,7,9,13,15H2,1-2H3,(H,23,24,25);1H. The fraction of sp³-hybridized carbons (Fsp3) is 0.273. The SMILES string of the molecule is Cc1ccccc1Nc1nc2c(c(N(C)c3ccccc3)n1)CCCC2.Cl. The van der Waals surface area contributed by atoms with Gasteiger partial charge in [-0.3, -0.25) is 0 Å². The third-order valence-corrected chi connectivity index (χ3v) is 5.01. The van der Waals surface area contributed by atoms with E-state index in [9.17, 15) is 0 Å². The third-order valence-electron chi connectivity index (χ3n) is 5.01. The van der Waals surface area contributed by atoms with Crippen LogP contribution in [0.1, 0.15) is 29.7 Å². The minimum Gasteiger partial charge on any atom is -0.329 e. The average Bonchev–Trinajstić information content (AvgIpc) is 2.69. The highest BCUT2D eigenvalue weighted by molar-refractivity contribution is 5.85. The fourth-order valence-corrected chi connectivity index (χ4v) is 3.52. The lowest BCUT2D eigenvalue weighted by molar-refractivity contribution is 0.663. The molecule has 2 aromatic carbocycles. The van der Waals surface area contributed by atoms with E-state index >= 15 is 0 Å². The molecule has 5 heteroatoms. The number of nitrogens with one attached hydrogen (secondary N) is 1. The monoisotopic (exact) mass is 380 g/mol. The Morgan fingerprint density at radius 1 is 0.889 bits per heavy atom. The molecule has 0 amide bonds. The van der Waals surface area contributed by atoms with Crippen LogP contribution in [0.2, 0.25) is 0 Å². The van der Waals surface area contributed by atoms with Gasteiger partial charge in [0.05, 0.1) is 5.69 Å². The summed E-state index contributed by atoms with van der Waals surface area (Å²) in [4.78, 5) is 11.9. The van der Waals surface area contributed by atoms with Crippen molar-refractivity contribution < 1.29 is 0 Å². The molecular formula is C22H25ClN4. The number of benzene rings is 2. The van der Waals surface area contributed by atoms with Crippen LogP contribution in [0.4, 0.5) is 23.1 Å². The second kappa shape index (κ2) is 8.40. The van der Waals surface area contributed by atoms with Crippen molar-refractivity contribution in [3.63, 3.8) is 0 Å². The molecule has 27 heavy (non-hydrogen) atoms. The molecule has 0 unspecified atom stereocenters. The van der Waals surface area contributed by atoms with Crippen LogP contribution in [0.3, 0.4) is 0 Å². The summed E-state index contributed by atoms with van der Waals surface area (Å²) in [6.45, 7) is 2.09. The highest BCUT2D eigenvalue weighted by Crippen LogP contribution is 2.33.